The molecule has 0 N–H and O–H groups in total. The van der Waals surface area contributed by atoms with E-state index in [2.05, 4.69) is 4.98 Å². The molecule has 0 saturated carbocycles. The van der Waals surface area contributed by atoms with Crippen molar-refractivity contribution in [3.05, 3.63) is 27.0 Å². The first-order chi connectivity index (χ1) is 5.82. The minimum Gasteiger partial charge on any atom is -0.224 e. The molecule has 1 aromatic rings. The van der Waals surface area contributed by atoms with Crippen LogP contribution in [0.25, 0.3) is 0 Å². The maximum atomic E-state index is 12.2. The summed E-state index contributed by atoms with van der Waals surface area (Å²) in [5.74, 6) is 0. The van der Waals surface area contributed by atoms with Gasteiger partial charge in [0.1, 0.15) is 15.9 Å². The second kappa shape index (κ2) is 3.52. The van der Waals surface area contributed by atoms with E-state index in [4.69, 9.17) is 34.8 Å². The Morgan fingerprint density at radius 2 is 1.69 bits per heavy atom. The minimum absolute atomic E-state index is 0.178. The van der Waals surface area contributed by atoms with E-state index in [9.17, 15) is 13.2 Å². The molecule has 0 atom stereocenters. The molecule has 0 unspecified atom stereocenters. The van der Waals surface area contributed by atoms with E-state index in [1.165, 1.54) is 0 Å². The summed E-state index contributed by atoms with van der Waals surface area (Å²) in [5, 5.41) is -1.48. The molecule has 1 rings (SSSR count). The van der Waals surface area contributed by atoms with Crippen molar-refractivity contribution in [1.29, 1.82) is 0 Å². The lowest BCUT2D eigenvalue weighted by Gasteiger charge is -2.09. The Labute approximate surface area is 86.4 Å². The highest BCUT2D eigenvalue weighted by molar-refractivity contribution is 6.37. The number of rotatable bonds is 0. The lowest BCUT2D eigenvalue weighted by atomic mass is 10.3. The Morgan fingerprint density at radius 3 is 2.08 bits per heavy atom. The number of alkyl halides is 3. The Bertz CT molecular complexity index is 313. The van der Waals surface area contributed by atoms with Gasteiger partial charge in [-0.05, 0) is 6.07 Å². The molecule has 0 aliphatic carbocycles. The summed E-state index contributed by atoms with van der Waals surface area (Å²) < 4.78 is 36.6. The van der Waals surface area contributed by atoms with Crippen LogP contribution in [-0.4, -0.2) is 4.98 Å². The van der Waals surface area contributed by atoms with Gasteiger partial charge in [-0.25, -0.2) is 4.98 Å². The van der Waals surface area contributed by atoms with Crippen LogP contribution < -0.4 is 0 Å². The quantitative estimate of drug-likeness (QED) is 0.633. The van der Waals surface area contributed by atoms with E-state index >= 15 is 0 Å². The first-order valence-corrected chi connectivity index (χ1v) is 4.04. The predicted molar refractivity (Wildman–Crippen MR) is 44.3 cm³/mol. The Kier molecular flexibility index (Phi) is 2.95. The first kappa shape index (κ1) is 10.9. The zero-order valence-corrected chi connectivity index (χ0v) is 8.06. The molecule has 0 fully saturated rings. The van der Waals surface area contributed by atoms with E-state index in [0.717, 1.165) is 6.07 Å². The van der Waals surface area contributed by atoms with Gasteiger partial charge in [0.15, 0.2) is 0 Å². The Morgan fingerprint density at radius 1 is 1.15 bits per heavy atom. The molecule has 0 aliphatic rings. The van der Waals surface area contributed by atoms with Crippen molar-refractivity contribution in [3.63, 3.8) is 0 Å². The second-order valence-corrected chi connectivity index (χ2v) is 3.24. The molecule has 0 aromatic carbocycles. The fourth-order valence-electron chi connectivity index (χ4n) is 0.710. The van der Waals surface area contributed by atoms with Crippen molar-refractivity contribution in [2.75, 3.05) is 0 Å². The van der Waals surface area contributed by atoms with Gasteiger partial charge in [-0.1, -0.05) is 34.8 Å². The summed E-state index contributed by atoms with van der Waals surface area (Å²) in [7, 11) is 0. The number of aromatic nitrogens is 1. The third-order valence-corrected chi connectivity index (χ3v) is 1.94. The summed E-state index contributed by atoms with van der Waals surface area (Å²) in [4.78, 5) is 3.23. The monoisotopic (exact) mass is 249 g/mol. The zero-order chi connectivity index (χ0) is 10.2. The van der Waals surface area contributed by atoms with Crippen molar-refractivity contribution < 1.29 is 13.2 Å². The molecular formula is C6HCl3F3N. The highest BCUT2D eigenvalue weighted by Gasteiger charge is 2.36. The molecule has 1 heterocycles. The number of hydrogen-bond acceptors (Lipinski definition) is 1. The number of halogens is 6. The smallest absolute Gasteiger partial charge is 0.224 e. The molecule has 0 aliphatic heterocycles. The standard InChI is InChI=1S/C6HCl3F3N/c7-2-1-3(8)13-5(9)4(2)6(10,11)12/h1H. The van der Waals surface area contributed by atoms with E-state index < -0.39 is 21.9 Å². The Balaban J connectivity index is 3.38. The highest BCUT2D eigenvalue weighted by Crippen LogP contribution is 2.39. The molecule has 13 heavy (non-hydrogen) atoms. The Hall–Kier alpha value is -0.190. The fraction of sp³-hybridized carbons (Fsp3) is 0.167. The summed E-state index contributed by atoms with van der Waals surface area (Å²) >= 11 is 15.8. The first-order valence-electron chi connectivity index (χ1n) is 2.91. The van der Waals surface area contributed by atoms with Gasteiger partial charge in [0, 0.05) is 0 Å². The van der Waals surface area contributed by atoms with Crippen LogP contribution in [0.15, 0.2) is 6.07 Å². The van der Waals surface area contributed by atoms with Gasteiger partial charge in [0.2, 0.25) is 0 Å². The third kappa shape index (κ3) is 2.39. The van der Waals surface area contributed by atoms with Gasteiger partial charge in [-0.15, -0.1) is 0 Å². The van der Waals surface area contributed by atoms with Gasteiger partial charge in [-0.2, -0.15) is 13.2 Å². The summed E-state index contributed by atoms with van der Waals surface area (Å²) in [6, 6.07) is 0.887. The maximum absolute atomic E-state index is 12.2. The largest absolute Gasteiger partial charge is 0.420 e. The van der Waals surface area contributed by atoms with Crippen LogP contribution in [0.4, 0.5) is 13.2 Å². The third-order valence-electron chi connectivity index (χ3n) is 1.18. The predicted octanol–water partition coefficient (Wildman–Crippen LogP) is 4.06. The number of nitrogens with zero attached hydrogens (tertiary/aromatic N) is 1. The SMILES string of the molecule is FC(F)(F)c1c(Cl)cc(Cl)nc1Cl. The number of pyridine rings is 1. The van der Waals surface area contributed by atoms with Crippen LogP contribution in [0.2, 0.25) is 15.3 Å². The van der Waals surface area contributed by atoms with Gasteiger partial charge in [0.25, 0.3) is 0 Å². The second-order valence-electron chi connectivity index (χ2n) is 2.09. The zero-order valence-electron chi connectivity index (χ0n) is 5.79. The van der Waals surface area contributed by atoms with Crippen LogP contribution in [0.1, 0.15) is 5.56 Å². The van der Waals surface area contributed by atoms with Gasteiger partial charge < -0.3 is 0 Å². The molecule has 0 radical (unpaired) electrons. The van der Waals surface area contributed by atoms with Crippen LogP contribution in [-0.2, 0) is 6.18 Å². The molecule has 0 bridgehead atoms. The average Bonchev–Trinajstić information content (AvgIpc) is 1.78. The molecule has 0 amide bonds. The molecule has 1 nitrogen and oxygen atoms in total. The summed E-state index contributed by atoms with van der Waals surface area (Å²) in [6.45, 7) is 0. The van der Waals surface area contributed by atoms with Crippen LogP contribution in [0, 0.1) is 0 Å². The maximum Gasteiger partial charge on any atom is 0.420 e. The van der Waals surface area contributed by atoms with E-state index in [0.29, 0.717) is 0 Å². The van der Waals surface area contributed by atoms with E-state index in [1.807, 2.05) is 0 Å². The summed E-state index contributed by atoms with van der Waals surface area (Å²) in [5.41, 5.74) is -1.17. The van der Waals surface area contributed by atoms with Crippen LogP contribution in [0.5, 0.6) is 0 Å². The van der Waals surface area contributed by atoms with Crippen molar-refractivity contribution in [3.8, 4) is 0 Å². The van der Waals surface area contributed by atoms with Gasteiger partial charge in [-0.3, -0.25) is 0 Å². The van der Waals surface area contributed by atoms with Gasteiger partial charge >= 0.3 is 6.18 Å². The fourth-order valence-corrected chi connectivity index (χ4v) is 1.65. The van der Waals surface area contributed by atoms with Gasteiger partial charge in [0.05, 0.1) is 5.02 Å². The summed E-state index contributed by atoms with van der Waals surface area (Å²) in [6.07, 6.45) is -4.62. The van der Waals surface area contributed by atoms with E-state index in [1.54, 1.807) is 0 Å². The number of hydrogen-bond donors (Lipinski definition) is 0. The molecule has 0 saturated heterocycles. The molecular weight excluding hydrogens is 249 g/mol. The highest BCUT2D eigenvalue weighted by atomic mass is 35.5. The normalized spacial score (nSPS) is 11.8. The van der Waals surface area contributed by atoms with E-state index in [-0.39, 0.29) is 5.15 Å². The lowest BCUT2D eigenvalue weighted by molar-refractivity contribution is -0.137. The molecule has 0 spiro atoms. The van der Waals surface area contributed by atoms with Crippen LogP contribution in [0.3, 0.4) is 0 Å². The molecule has 72 valence electrons. The van der Waals surface area contributed by atoms with Crippen molar-refractivity contribution in [2.45, 2.75) is 6.18 Å². The molecule has 1 aromatic heterocycles. The topological polar surface area (TPSA) is 12.9 Å². The molecule has 7 heteroatoms. The minimum atomic E-state index is -4.62. The van der Waals surface area contributed by atoms with Crippen molar-refractivity contribution in [2.24, 2.45) is 0 Å². The average molecular weight is 250 g/mol. The van der Waals surface area contributed by atoms with Crippen molar-refractivity contribution >= 4 is 34.8 Å². The van der Waals surface area contributed by atoms with Crippen molar-refractivity contribution in [1.82, 2.24) is 4.98 Å². The van der Waals surface area contributed by atoms with Crippen LogP contribution >= 0.6 is 34.8 Å². The lowest BCUT2D eigenvalue weighted by Crippen LogP contribution is -2.07.